The van der Waals surface area contributed by atoms with E-state index in [9.17, 15) is 0 Å². The summed E-state index contributed by atoms with van der Waals surface area (Å²) < 4.78 is 10.7. The quantitative estimate of drug-likeness (QED) is 0.641. The monoisotopic (exact) mass is 208 g/mol. The van der Waals surface area contributed by atoms with Gasteiger partial charge in [0, 0.05) is 6.61 Å². The Morgan fingerprint density at radius 2 is 1.73 bits per heavy atom. The second-order valence-corrected chi connectivity index (χ2v) is 3.44. The zero-order valence-corrected chi connectivity index (χ0v) is 9.66. The molecule has 0 saturated heterocycles. The number of hydrogen-bond donors (Lipinski definition) is 0. The third-order valence-corrected chi connectivity index (χ3v) is 2.16. The highest BCUT2D eigenvalue weighted by Crippen LogP contribution is 2.13. The number of benzene rings is 1. The maximum atomic E-state index is 5.52. The maximum absolute atomic E-state index is 5.52. The summed E-state index contributed by atoms with van der Waals surface area (Å²) in [7, 11) is 0. The van der Waals surface area contributed by atoms with Crippen LogP contribution in [0.3, 0.4) is 0 Å². The molecule has 0 unspecified atom stereocenters. The van der Waals surface area contributed by atoms with E-state index < -0.39 is 0 Å². The van der Waals surface area contributed by atoms with Crippen molar-refractivity contribution < 1.29 is 9.47 Å². The Morgan fingerprint density at radius 3 is 2.33 bits per heavy atom. The van der Waals surface area contributed by atoms with E-state index in [1.807, 2.05) is 19.1 Å². The second-order valence-electron chi connectivity index (χ2n) is 3.44. The van der Waals surface area contributed by atoms with E-state index in [-0.39, 0.29) is 0 Å². The molecule has 2 heteroatoms. The Bertz CT molecular complexity index is 254. The molecule has 0 saturated carbocycles. The highest BCUT2D eigenvalue weighted by molar-refractivity contribution is 5.27. The molecule has 0 N–H and O–H groups in total. The highest BCUT2D eigenvalue weighted by Gasteiger charge is 1.94. The average molecular weight is 208 g/mol. The normalized spacial score (nSPS) is 10.3. The van der Waals surface area contributed by atoms with E-state index in [1.165, 1.54) is 12.0 Å². The van der Waals surface area contributed by atoms with Crippen molar-refractivity contribution in [2.24, 2.45) is 0 Å². The Labute approximate surface area is 92.2 Å². The molecule has 0 aliphatic carbocycles. The van der Waals surface area contributed by atoms with Gasteiger partial charge in [0.25, 0.3) is 0 Å². The van der Waals surface area contributed by atoms with E-state index in [1.54, 1.807) is 0 Å². The van der Waals surface area contributed by atoms with Crippen LogP contribution in [0.2, 0.25) is 0 Å². The number of aryl methyl sites for hydroxylation is 1. The zero-order chi connectivity index (χ0) is 10.9. The van der Waals surface area contributed by atoms with Gasteiger partial charge >= 0.3 is 0 Å². The third kappa shape index (κ3) is 4.84. The highest BCUT2D eigenvalue weighted by atomic mass is 16.5. The largest absolute Gasteiger partial charge is 0.491 e. The van der Waals surface area contributed by atoms with Gasteiger partial charge in [-0.15, -0.1) is 0 Å². The van der Waals surface area contributed by atoms with E-state index in [4.69, 9.17) is 9.47 Å². The lowest BCUT2D eigenvalue weighted by molar-refractivity contribution is 0.110. The van der Waals surface area contributed by atoms with Crippen LogP contribution in [-0.2, 0) is 11.2 Å². The van der Waals surface area contributed by atoms with Crippen LogP contribution in [0.4, 0.5) is 0 Å². The molecule has 15 heavy (non-hydrogen) atoms. The lowest BCUT2D eigenvalue weighted by atomic mass is 10.1. The molecular weight excluding hydrogens is 188 g/mol. The van der Waals surface area contributed by atoms with Gasteiger partial charge in [-0.05, 0) is 31.0 Å². The minimum absolute atomic E-state index is 0.626. The Hall–Kier alpha value is -1.02. The molecule has 1 aromatic rings. The predicted octanol–water partition coefficient (Wildman–Crippen LogP) is 3.05. The molecule has 0 radical (unpaired) electrons. The molecule has 1 rings (SSSR count). The fourth-order valence-corrected chi connectivity index (χ4v) is 1.40. The van der Waals surface area contributed by atoms with Gasteiger partial charge < -0.3 is 9.47 Å². The van der Waals surface area contributed by atoms with E-state index in [0.717, 1.165) is 18.8 Å². The number of hydrogen-bond acceptors (Lipinski definition) is 2. The first-order chi connectivity index (χ1) is 7.36. The standard InChI is InChI=1S/C13H20O2/c1-3-5-12-6-8-13(9-7-12)15-11-10-14-4-2/h6-9H,3-5,10-11H2,1-2H3. The summed E-state index contributed by atoms with van der Waals surface area (Å²) in [6.07, 6.45) is 2.32. The summed E-state index contributed by atoms with van der Waals surface area (Å²) in [5, 5.41) is 0. The average Bonchev–Trinajstić information content (AvgIpc) is 2.27. The van der Waals surface area contributed by atoms with Gasteiger partial charge in [-0.3, -0.25) is 0 Å². The van der Waals surface area contributed by atoms with Gasteiger partial charge in [-0.1, -0.05) is 25.5 Å². The summed E-state index contributed by atoms with van der Waals surface area (Å²) in [6, 6.07) is 8.30. The van der Waals surface area contributed by atoms with Crippen molar-refractivity contribution in [3.05, 3.63) is 29.8 Å². The molecule has 0 fully saturated rings. The summed E-state index contributed by atoms with van der Waals surface area (Å²) >= 11 is 0. The van der Waals surface area contributed by atoms with Crippen LogP contribution in [0.25, 0.3) is 0 Å². The molecule has 0 aliphatic rings. The van der Waals surface area contributed by atoms with Crippen molar-refractivity contribution in [2.75, 3.05) is 19.8 Å². The van der Waals surface area contributed by atoms with E-state index >= 15 is 0 Å². The fraction of sp³-hybridized carbons (Fsp3) is 0.538. The van der Waals surface area contributed by atoms with Crippen molar-refractivity contribution in [1.29, 1.82) is 0 Å². The smallest absolute Gasteiger partial charge is 0.119 e. The van der Waals surface area contributed by atoms with E-state index in [0.29, 0.717) is 13.2 Å². The Morgan fingerprint density at radius 1 is 1.00 bits per heavy atom. The lowest BCUT2D eigenvalue weighted by Gasteiger charge is -2.06. The van der Waals surface area contributed by atoms with Gasteiger partial charge in [0.05, 0.1) is 6.61 Å². The van der Waals surface area contributed by atoms with Crippen LogP contribution in [0.15, 0.2) is 24.3 Å². The summed E-state index contributed by atoms with van der Waals surface area (Å²) in [4.78, 5) is 0. The van der Waals surface area contributed by atoms with Crippen LogP contribution in [0.5, 0.6) is 5.75 Å². The van der Waals surface area contributed by atoms with Crippen LogP contribution < -0.4 is 4.74 Å². The molecular formula is C13H20O2. The number of ether oxygens (including phenoxy) is 2. The van der Waals surface area contributed by atoms with Gasteiger partial charge in [-0.2, -0.15) is 0 Å². The van der Waals surface area contributed by atoms with Gasteiger partial charge in [0.1, 0.15) is 12.4 Å². The molecule has 1 aromatic carbocycles. The van der Waals surface area contributed by atoms with Gasteiger partial charge in [0.15, 0.2) is 0 Å². The van der Waals surface area contributed by atoms with Crippen molar-refractivity contribution in [3.8, 4) is 5.75 Å². The van der Waals surface area contributed by atoms with Gasteiger partial charge in [-0.25, -0.2) is 0 Å². The Kier molecular flexibility index (Phi) is 5.86. The first-order valence-corrected chi connectivity index (χ1v) is 5.66. The fourth-order valence-electron chi connectivity index (χ4n) is 1.40. The minimum Gasteiger partial charge on any atom is -0.491 e. The molecule has 0 atom stereocenters. The minimum atomic E-state index is 0.626. The molecule has 84 valence electrons. The lowest BCUT2D eigenvalue weighted by Crippen LogP contribution is -2.06. The zero-order valence-electron chi connectivity index (χ0n) is 9.66. The molecule has 0 aliphatic heterocycles. The maximum Gasteiger partial charge on any atom is 0.119 e. The van der Waals surface area contributed by atoms with Crippen molar-refractivity contribution in [2.45, 2.75) is 26.7 Å². The summed E-state index contributed by atoms with van der Waals surface area (Å²) in [5.41, 5.74) is 1.37. The first-order valence-electron chi connectivity index (χ1n) is 5.66. The summed E-state index contributed by atoms with van der Waals surface area (Å²) in [5.74, 6) is 0.926. The SMILES string of the molecule is CCCc1ccc(OCCOCC)cc1. The molecule has 0 heterocycles. The first kappa shape index (κ1) is 12.1. The topological polar surface area (TPSA) is 18.5 Å². The van der Waals surface area contributed by atoms with E-state index in [2.05, 4.69) is 19.1 Å². The molecule has 0 bridgehead atoms. The van der Waals surface area contributed by atoms with Crippen molar-refractivity contribution in [1.82, 2.24) is 0 Å². The summed E-state index contributed by atoms with van der Waals surface area (Å²) in [6.45, 7) is 6.21. The van der Waals surface area contributed by atoms with Crippen LogP contribution in [-0.4, -0.2) is 19.8 Å². The second kappa shape index (κ2) is 7.30. The molecule has 0 aromatic heterocycles. The van der Waals surface area contributed by atoms with Crippen LogP contribution in [0.1, 0.15) is 25.8 Å². The molecule has 0 amide bonds. The Balaban J connectivity index is 2.29. The number of rotatable bonds is 7. The van der Waals surface area contributed by atoms with Crippen molar-refractivity contribution >= 4 is 0 Å². The molecule has 0 spiro atoms. The molecule has 2 nitrogen and oxygen atoms in total. The van der Waals surface area contributed by atoms with Crippen LogP contribution >= 0.6 is 0 Å². The predicted molar refractivity (Wildman–Crippen MR) is 62.4 cm³/mol. The third-order valence-electron chi connectivity index (χ3n) is 2.16. The van der Waals surface area contributed by atoms with Gasteiger partial charge in [0.2, 0.25) is 0 Å². The van der Waals surface area contributed by atoms with Crippen LogP contribution in [0, 0.1) is 0 Å². The van der Waals surface area contributed by atoms with Crippen molar-refractivity contribution in [3.63, 3.8) is 0 Å².